The molecule has 1 N–H and O–H groups in total. The number of benzene rings is 2. The van der Waals surface area contributed by atoms with Crippen molar-refractivity contribution < 1.29 is 9.32 Å². The van der Waals surface area contributed by atoms with Crippen LogP contribution in [-0.4, -0.2) is 11.1 Å². The van der Waals surface area contributed by atoms with Crippen LogP contribution in [0.25, 0.3) is 10.6 Å². The number of amides is 1. The second-order valence-corrected chi connectivity index (χ2v) is 7.46. The summed E-state index contributed by atoms with van der Waals surface area (Å²) < 4.78 is 5.37. The number of thiophene rings is 1. The van der Waals surface area contributed by atoms with Crippen LogP contribution in [0.1, 0.15) is 29.2 Å². The summed E-state index contributed by atoms with van der Waals surface area (Å²) in [4.78, 5) is 13.7. The Morgan fingerprint density at radius 3 is 2.25 bits per heavy atom. The average Bonchev–Trinajstić information content (AvgIpc) is 3.43. The third kappa shape index (κ3) is 4.38. The lowest BCUT2D eigenvalue weighted by atomic mass is 9.88. The van der Waals surface area contributed by atoms with Crippen LogP contribution in [0.5, 0.6) is 0 Å². The van der Waals surface area contributed by atoms with Gasteiger partial charge in [-0.25, -0.2) is 0 Å². The van der Waals surface area contributed by atoms with Crippen molar-refractivity contribution >= 4 is 17.2 Å². The molecular formula is C23H20N2O2S. The molecule has 28 heavy (non-hydrogen) atoms. The molecule has 2 aromatic heterocycles. The quantitative estimate of drug-likeness (QED) is 0.471. The van der Waals surface area contributed by atoms with Crippen molar-refractivity contribution in [2.45, 2.75) is 18.9 Å². The molecule has 4 nitrogen and oxygen atoms in total. The molecular weight excluding hydrogens is 368 g/mol. The number of carbonyl (C=O) groups is 1. The standard InChI is InChI=1S/C23H20N2O2S/c26-23(24-16-19-14-21(27-25-19)22-12-7-13-28-22)15-20(17-8-3-1-4-9-17)18-10-5-2-6-11-18/h1-14,20H,15-16H2,(H,24,26). The maximum Gasteiger partial charge on any atom is 0.221 e. The van der Waals surface area contributed by atoms with Crippen molar-refractivity contribution in [1.82, 2.24) is 10.5 Å². The molecule has 2 heterocycles. The van der Waals surface area contributed by atoms with Gasteiger partial charge in [-0.3, -0.25) is 4.79 Å². The largest absolute Gasteiger partial charge is 0.355 e. The van der Waals surface area contributed by atoms with Crippen LogP contribution in [0.2, 0.25) is 0 Å². The maximum absolute atomic E-state index is 12.6. The molecule has 0 bridgehead atoms. The molecule has 0 aliphatic carbocycles. The summed E-state index contributed by atoms with van der Waals surface area (Å²) in [6.07, 6.45) is 0.379. The highest BCUT2D eigenvalue weighted by atomic mass is 32.1. The number of hydrogen-bond donors (Lipinski definition) is 1. The molecule has 5 heteroatoms. The fourth-order valence-electron chi connectivity index (χ4n) is 3.18. The summed E-state index contributed by atoms with van der Waals surface area (Å²) in [5, 5.41) is 9.02. The number of carbonyl (C=O) groups excluding carboxylic acids is 1. The number of nitrogens with zero attached hydrogens (tertiary/aromatic N) is 1. The van der Waals surface area contributed by atoms with Gasteiger partial charge in [-0.1, -0.05) is 71.9 Å². The summed E-state index contributed by atoms with van der Waals surface area (Å²) in [5.74, 6) is 0.727. The summed E-state index contributed by atoms with van der Waals surface area (Å²) in [6, 6.07) is 26.1. The zero-order chi connectivity index (χ0) is 19.2. The lowest BCUT2D eigenvalue weighted by Crippen LogP contribution is -2.25. The van der Waals surface area contributed by atoms with Crippen LogP contribution in [-0.2, 0) is 11.3 Å². The summed E-state index contributed by atoms with van der Waals surface area (Å²) in [6.45, 7) is 0.351. The minimum Gasteiger partial charge on any atom is -0.355 e. The Kier molecular flexibility index (Phi) is 5.64. The molecule has 0 spiro atoms. The predicted octanol–water partition coefficient (Wildman–Crippen LogP) is 5.24. The van der Waals surface area contributed by atoms with E-state index < -0.39 is 0 Å². The van der Waals surface area contributed by atoms with Gasteiger partial charge >= 0.3 is 0 Å². The lowest BCUT2D eigenvalue weighted by Gasteiger charge is -2.17. The minimum atomic E-state index is -0.0154. The van der Waals surface area contributed by atoms with E-state index in [1.165, 1.54) is 0 Å². The molecule has 1 amide bonds. The summed E-state index contributed by atoms with van der Waals surface area (Å²) in [7, 11) is 0. The first-order valence-corrected chi connectivity index (χ1v) is 10.0. The molecule has 140 valence electrons. The highest BCUT2D eigenvalue weighted by Crippen LogP contribution is 2.28. The second-order valence-electron chi connectivity index (χ2n) is 6.51. The number of aromatic nitrogens is 1. The van der Waals surface area contributed by atoms with Gasteiger partial charge in [0.1, 0.15) is 5.69 Å². The Hall–Kier alpha value is -3.18. The van der Waals surface area contributed by atoms with Gasteiger partial charge in [0.05, 0.1) is 11.4 Å². The van der Waals surface area contributed by atoms with Crippen molar-refractivity contribution in [3.8, 4) is 10.6 Å². The SMILES string of the molecule is O=C(CC(c1ccccc1)c1ccccc1)NCc1cc(-c2cccs2)on1. The molecule has 4 aromatic rings. The fraction of sp³-hybridized carbons (Fsp3) is 0.130. The number of rotatable bonds is 7. The average molecular weight is 388 g/mol. The van der Waals surface area contributed by atoms with E-state index in [0.717, 1.165) is 21.8 Å². The van der Waals surface area contributed by atoms with Gasteiger partial charge in [-0.15, -0.1) is 11.3 Å². The molecule has 0 aliphatic rings. The van der Waals surface area contributed by atoms with Gasteiger partial charge in [0.15, 0.2) is 5.76 Å². The molecule has 0 aliphatic heterocycles. The first-order valence-electron chi connectivity index (χ1n) is 9.15. The summed E-state index contributed by atoms with van der Waals surface area (Å²) in [5.41, 5.74) is 2.98. The molecule has 2 aromatic carbocycles. The van der Waals surface area contributed by atoms with E-state index in [9.17, 15) is 4.79 Å². The monoisotopic (exact) mass is 388 g/mol. The van der Waals surface area contributed by atoms with Crippen LogP contribution in [0, 0.1) is 0 Å². The van der Waals surface area contributed by atoms with Crippen LogP contribution < -0.4 is 5.32 Å². The molecule has 0 fully saturated rings. The number of nitrogens with one attached hydrogen (secondary N) is 1. The Morgan fingerprint density at radius 1 is 0.964 bits per heavy atom. The van der Waals surface area contributed by atoms with Crippen molar-refractivity contribution in [3.05, 3.63) is 101 Å². The normalized spacial score (nSPS) is 10.9. The zero-order valence-electron chi connectivity index (χ0n) is 15.2. The summed E-state index contributed by atoms with van der Waals surface area (Å²) >= 11 is 1.60. The van der Waals surface area contributed by atoms with Crippen LogP contribution >= 0.6 is 11.3 Å². The molecule has 0 radical (unpaired) electrons. The fourth-order valence-corrected chi connectivity index (χ4v) is 3.85. The highest BCUT2D eigenvalue weighted by molar-refractivity contribution is 7.13. The van der Waals surface area contributed by atoms with Gasteiger partial charge in [-0.05, 0) is 22.6 Å². The maximum atomic E-state index is 12.6. The first-order chi connectivity index (χ1) is 13.8. The Morgan fingerprint density at radius 2 is 1.64 bits per heavy atom. The topological polar surface area (TPSA) is 55.1 Å². The van der Waals surface area contributed by atoms with Crippen molar-refractivity contribution in [1.29, 1.82) is 0 Å². The van der Waals surface area contributed by atoms with Crippen LogP contribution in [0.4, 0.5) is 0 Å². The first kappa shape index (κ1) is 18.2. The number of hydrogen-bond acceptors (Lipinski definition) is 4. The van der Waals surface area contributed by atoms with Gasteiger partial charge in [0.2, 0.25) is 5.91 Å². The lowest BCUT2D eigenvalue weighted by molar-refractivity contribution is -0.121. The van der Waals surface area contributed by atoms with Crippen molar-refractivity contribution in [2.75, 3.05) is 0 Å². The van der Waals surface area contributed by atoms with Gasteiger partial charge in [-0.2, -0.15) is 0 Å². The highest BCUT2D eigenvalue weighted by Gasteiger charge is 2.18. The van der Waals surface area contributed by atoms with E-state index in [4.69, 9.17) is 4.52 Å². The predicted molar refractivity (Wildman–Crippen MR) is 111 cm³/mol. The van der Waals surface area contributed by atoms with Crippen molar-refractivity contribution in [3.63, 3.8) is 0 Å². The molecule has 4 rings (SSSR count). The third-order valence-electron chi connectivity index (χ3n) is 4.58. The van der Waals surface area contributed by atoms with E-state index in [0.29, 0.717) is 18.7 Å². The molecule has 0 saturated heterocycles. The van der Waals surface area contributed by atoms with Gasteiger partial charge < -0.3 is 9.84 Å². The van der Waals surface area contributed by atoms with E-state index in [2.05, 4.69) is 34.7 Å². The Bertz CT molecular complexity index is 972. The molecule has 0 saturated carbocycles. The minimum absolute atomic E-state index is 0.0152. The molecule has 0 atom stereocenters. The third-order valence-corrected chi connectivity index (χ3v) is 5.47. The second kappa shape index (κ2) is 8.67. The van der Waals surface area contributed by atoms with Crippen LogP contribution in [0.15, 0.2) is 88.8 Å². The van der Waals surface area contributed by atoms with Crippen molar-refractivity contribution in [2.24, 2.45) is 0 Å². The van der Waals surface area contributed by atoms with E-state index in [1.807, 2.05) is 60.0 Å². The van der Waals surface area contributed by atoms with E-state index in [1.54, 1.807) is 11.3 Å². The van der Waals surface area contributed by atoms with E-state index in [-0.39, 0.29) is 11.8 Å². The zero-order valence-corrected chi connectivity index (χ0v) is 16.1. The van der Waals surface area contributed by atoms with Crippen LogP contribution in [0.3, 0.4) is 0 Å². The van der Waals surface area contributed by atoms with Gasteiger partial charge in [0, 0.05) is 18.4 Å². The Labute approximate surface area is 167 Å². The molecule has 0 unspecified atom stereocenters. The Balaban J connectivity index is 1.42. The smallest absolute Gasteiger partial charge is 0.221 e. The van der Waals surface area contributed by atoms with E-state index >= 15 is 0 Å². The van der Waals surface area contributed by atoms with Gasteiger partial charge in [0.25, 0.3) is 0 Å².